The van der Waals surface area contributed by atoms with Crippen molar-refractivity contribution >= 4 is 29.3 Å². The summed E-state index contributed by atoms with van der Waals surface area (Å²) in [7, 11) is 0. The number of hydrogen-bond acceptors (Lipinski definition) is 6. The van der Waals surface area contributed by atoms with Crippen LogP contribution in [0.2, 0.25) is 5.02 Å². The Kier molecular flexibility index (Phi) is 8.88. The van der Waals surface area contributed by atoms with Gasteiger partial charge < -0.3 is 9.84 Å². The van der Waals surface area contributed by atoms with Crippen molar-refractivity contribution in [1.82, 2.24) is 20.4 Å². The zero-order valence-electron chi connectivity index (χ0n) is 18.6. The minimum atomic E-state index is 0.0356. The molecule has 1 atom stereocenters. The standard InChI is InChI=1S/C24H33ClN4O2S/c25-20-11-9-18(10-12-20)23-27-22(31-28-23)17-29-14-4-6-19(16-29)24(30)26-13-5-15-32-21-7-2-1-3-8-21/h9-12,19,21H,1-8,13-17H2,(H,26,30). The van der Waals surface area contributed by atoms with Gasteiger partial charge in [-0.15, -0.1) is 0 Å². The first kappa shape index (κ1) is 23.6. The fourth-order valence-corrected chi connectivity index (χ4v) is 5.99. The van der Waals surface area contributed by atoms with Gasteiger partial charge in [-0.1, -0.05) is 36.0 Å². The van der Waals surface area contributed by atoms with Gasteiger partial charge in [0.25, 0.3) is 0 Å². The van der Waals surface area contributed by atoms with Crippen LogP contribution in [0.15, 0.2) is 28.8 Å². The number of aromatic nitrogens is 2. The van der Waals surface area contributed by atoms with Crippen LogP contribution in [0.5, 0.6) is 0 Å². The summed E-state index contributed by atoms with van der Waals surface area (Å²) in [5, 5.41) is 8.78. The van der Waals surface area contributed by atoms with Gasteiger partial charge in [-0.3, -0.25) is 9.69 Å². The third kappa shape index (κ3) is 6.96. The molecule has 1 aliphatic carbocycles. The number of carbonyl (C=O) groups excluding carboxylic acids is 1. The molecule has 32 heavy (non-hydrogen) atoms. The van der Waals surface area contributed by atoms with Crippen molar-refractivity contribution in [3.63, 3.8) is 0 Å². The molecular formula is C24H33ClN4O2S. The first-order valence-electron chi connectivity index (χ1n) is 11.9. The fourth-order valence-electron chi connectivity index (χ4n) is 4.55. The van der Waals surface area contributed by atoms with Gasteiger partial charge >= 0.3 is 0 Å². The molecule has 6 nitrogen and oxygen atoms in total. The van der Waals surface area contributed by atoms with E-state index in [1.165, 1.54) is 32.1 Å². The zero-order chi connectivity index (χ0) is 22.2. The summed E-state index contributed by atoms with van der Waals surface area (Å²) in [6.07, 6.45) is 9.93. The maximum Gasteiger partial charge on any atom is 0.241 e. The average molecular weight is 477 g/mol. The highest BCUT2D eigenvalue weighted by Crippen LogP contribution is 2.28. The van der Waals surface area contributed by atoms with Gasteiger partial charge in [0.2, 0.25) is 17.6 Å². The van der Waals surface area contributed by atoms with E-state index in [0.29, 0.717) is 23.3 Å². The number of amides is 1. The highest BCUT2D eigenvalue weighted by atomic mass is 35.5. The Bertz CT molecular complexity index is 854. The number of nitrogens with one attached hydrogen (secondary N) is 1. The first-order valence-corrected chi connectivity index (χ1v) is 13.3. The number of rotatable bonds is 9. The van der Waals surface area contributed by atoms with E-state index in [1.54, 1.807) is 0 Å². The fraction of sp³-hybridized carbons (Fsp3) is 0.625. The van der Waals surface area contributed by atoms with Gasteiger partial charge in [0.05, 0.1) is 12.5 Å². The van der Waals surface area contributed by atoms with Crippen LogP contribution in [-0.4, -0.2) is 51.6 Å². The molecule has 2 aliphatic rings. The molecule has 1 aromatic carbocycles. The number of carbonyl (C=O) groups is 1. The van der Waals surface area contributed by atoms with Crippen molar-refractivity contribution in [1.29, 1.82) is 0 Å². The third-order valence-electron chi connectivity index (χ3n) is 6.33. The Hall–Kier alpha value is -1.57. The second-order valence-electron chi connectivity index (χ2n) is 8.87. The van der Waals surface area contributed by atoms with Gasteiger partial charge in [-0.05, 0) is 68.7 Å². The van der Waals surface area contributed by atoms with Gasteiger partial charge in [-0.2, -0.15) is 16.7 Å². The monoisotopic (exact) mass is 476 g/mol. The molecule has 1 amide bonds. The predicted molar refractivity (Wildman–Crippen MR) is 130 cm³/mol. The molecule has 1 saturated carbocycles. The van der Waals surface area contributed by atoms with E-state index in [9.17, 15) is 4.79 Å². The Balaban J connectivity index is 1.18. The molecule has 0 radical (unpaired) electrons. The lowest BCUT2D eigenvalue weighted by molar-refractivity contribution is -0.126. The predicted octanol–water partition coefficient (Wildman–Crippen LogP) is 5.17. The second kappa shape index (κ2) is 12.1. The van der Waals surface area contributed by atoms with Crippen LogP contribution in [0.25, 0.3) is 11.4 Å². The van der Waals surface area contributed by atoms with E-state index in [2.05, 4.69) is 32.1 Å². The molecule has 2 fully saturated rings. The van der Waals surface area contributed by atoms with E-state index in [-0.39, 0.29) is 11.8 Å². The Morgan fingerprint density at radius 2 is 1.97 bits per heavy atom. The number of benzene rings is 1. The summed E-state index contributed by atoms with van der Waals surface area (Å²) in [5.41, 5.74) is 0.877. The van der Waals surface area contributed by atoms with Crippen molar-refractivity contribution in [2.45, 2.75) is 63.2 Å². The zero-order valence-corrected chi connectivity index (χ0v) is 20.2. The molecule has 174 valence electrons. The molecule has 1 N–H and O–H groups in total. The normalized spacial score (nSPS) is 20.3. The molecule has 4 rings (SSSR count). The van der Waals surface area contributed by atoms with Crippen LogP contribution in [0.3, 0.4) is 0 Å². The largest absolute Gasteiger partial charge is 0.356 e. The SMILES string of the molecule is O=C(NCCCSC1CCCCC1)C1CCCN(Cc2nc(-c3ccc(Cl)cc3)no2)C1. The highest BCUT2D eigenvalue weighted by Gasteiger charge is 2.26. The lowest BCUT2D eigenvalue weighted by Gasteiger charge is -2.30. The van der Waals surface area contributed by atoms with Gasteiger partial charge in [0.1, 0.15) is 0 Å². The number of halogens is 1. The minimum absolute atomic E-state index is 0.0356. The van der Waals surface area contributed by atoms with Crippen LogP contribution in [0, 0.1) is 5.92 Å². The first-order chi connectivity index (χ1) is 15.7. The summed E-state index contributed by atoms with van der Waals surface area (Å²) in [4.78, 5) is 19.4. The third-order valence-corrected chi connectivity index (χ3v) is 8.05. The molecule has 1 unspecified atom stereocenters. The highest BCUT2D eigenvalue weighted by molar-refractivity contribution is 7.99. The van der Waals surface area contributed by atoms with Crippen molar-refractivity contribution in [3.05, 3.63) is 35.2 Å². The van der Waals surface area contributed by atoms with Crippen molar-refractivity contribution < 1.29 is 9.32 Å². The van der Waals surface area contributed by atoms with E-state index < -0.39 is 0 Å². The number of piperidine rings is 1. The van der Waals surface area contributed by atoms with Crippen LogP contribution >= 0.6 is 23.4 Å². The Morgan fingerprint density at radius 3 is 2.78 bits per heavy atom. The van der Waals surface area contributed by atoms with Crippen molar-refractivity contribution in [2.24, 2.45) is 5.92 Å². The van der Waals surface area contributed by atoms with Crippen LogP contribution in [-0.2, 0) is 11.3 Å². The molecule has 2 heterocycles. The average Bonchev–Trinajstić information content (AvgIpc) is 3.28. The maximum absolute atomic E-state index is 12.7. The summed E-state index contributed by atoms with van der Waals surface area (Å²) in [6.45, 7) is 3.04. The van der Waals surface area contributed by atoms with Gasteiger partial charge in [0.15, 0.2) is 0 Å². The summed E-state index contributed by atoms with van der Waals surface area (Å²) >= 11 is 8.05. The summed E-state index contributed by atoms with van der Waals surface area (Å²) in [5.74, 6) is 2.51. The van der Waals surface area contributed by atoms with Gasteiger partial charge in [-0.25, -0.2) is 0 Å². The van der Waals surface area contributed by atoms with Gasteiger partial charge in [0, 0.05) is 28.9 Å². The number of thioether (sulfide) groups is 1. The second-order valence-corrected chi connectivity index (χ2v) is 10.7. The quantitative estimate of drug-likeness (QED) is 0.503. The summed E-state index contributed by atoms with van der Waals surface area (Å²) < 4.78 is 5.45. The number of hydrogen-bond donors (Lipinski definition) is 1. The van der Waals surface area contributed by atoms with Crippen molar-refractivity contribution in [2.75, 3.05) is 25.4 Å². The molecule has 1 aliphatic heterocycles. The lowest BCUT2D eigenvalue weighted by Crippen LogP contribution is -2.43. The van der Waals surface area contributed by atoms with Crippen LogP contribution in [0.4, 0.5) is 0 Å². The molecule has 1 aromatic heterocycles. The molecule has 8 heteroatoms. The van der Waals surface area contributed by atoms with E-state index in [1.807, 2.05) is 24.3 Å². The molecule has 0 spiro atoms. The lowest BCUT2D eigenvalue weighted by atomic mass is 9.97. The smallest absolute Gasteiger partial charge is 0.241 e. The van der Waals surface area contributed by atoms with Crippen LogP contribution in [0.1, 0.15) is 57.3 Å². The Morgan fingerprint density at radius 1 is 1.16 bits per heavy atom. The van der Waals surface area contributed by atoms with E-state index >= 15 is 0 Å². The Labute approximate surface area is 199 Å². The maximum atomic E-state index is 12.7. The number of likely N-dealkylation sites (tertiary alicyclic amines) is 1. The number of nitrogens with zero attached hydrogens (tertiary/aromatic N) is 3. The molecule has 2 aromatic rings. The van der Waals surface area contributed by atoms with E-state index in [0.717, 1.165) is 55.5 Å². The summed E-state index contributed by atoms with van der Waals surface area (Å²) in [6, 6.07) is 7.39. The molecule has 0 bridgehead atoms. The minimum Gasteiger partial charge on any atom is -0.356 e. The molecule has 1 saturated heterocycles. The topological polar surface area (TPSA) is 71.3 Å². The van der Waals surface area contributed by atoms with Crippen LogP contribution < -0.4 is 5.32 Å². The van der Waals surface area contributed by atoms with E-state index in [4.69, 9.17) is 16.1 Å². The molecular weight excluding hydrogens is 444 g/mol. The van der Waals surface area contributed by atoms with Crippen molar-refractivity contribution in [3.8, 4) is 11.4 Å².